The molecule has 0 aliphatic rings. The molecule has 0 bridgehead atoms. The smallest absolute Gasteiger partial charge is 0.244 e. The molecule has 1 aromatic rings. The van der Waals surface area contributed by atoms with E-state index in [9.17, 15) is 4.79 Å². The van der Waals surface area contributed by atoms with Crippen LogP contribution in [0.5, 0.6) is 11.5 Å². The Morgan fingerprint density at radius 1 is 1.20 bits per heavy atom. The monoisotopic (exact) mass is 277 g/mol. The van der Waals surface area contributed by atoms with Gasteiger partial charge >= 0.3 is 0 Å². The van der Waals surface area contributed by atoms with E-state index in [1.165, 1.54) is 6.08 Å². The van der Waals surface area contributed by atoms with Gasteiger partial charge in [-0.2, -0.15) is 0 Å². The van der Waals surface area contributed by atoms with E-state index >= 15 is 0 Å². The van der Waals surface area contributed by atoms with Crippen molar-refractivity contribution < 1.29 is 14.3 Å². The molecule has 0 aromatic heterocycles. The SMILES string of the molecule is COc1cc(/C=C/C(=O)NC(C)C)ccc1OC(C)C. The molecular formula is C16H23NO3. The fourth-order valence-corrected chi connectivity index (χ4v) is 1.64. The molecule has 0 saturated heterocycles. The first-order chi connectivity index (χ1) is 9.42. The van der Waals surface area contributed by atoms with Gasteiger partial charge in [0.2, 0.25) is 5.91 Å². The van der Waals surface area contributed by atoms with Crippen molar-refractivity contribution in [2.75, 3.05) is 7.11 Å². The highest BCUT2D eigenvalue weighted by Gasteiger charge is 2.06. The van der Waals surface area contributed by atoms with Gasteiger partial charge in [-0.15, -0.1) is 0 Å². The highest BCUT2D eigenvalue weighted by atomic mass is 16.5. The molecule has 20 heavy (non-hydrogen) atoms. The maximum atomic E-state index is 11.5. The number of amides is 1. The molecule has 0 aliphatic carbocycles. The molecule has 4 nitrogen and oxygen atoms in total. The highest BCUT2D eigenvalue weighted by Crippen LogP contribution is 2.29. The first-order valence-corrected chi connectivity index (χ1v) is 6.75. The number of carbonyl (C=O) groups is 1. The predicted molar refractivity (Wildman–Crippen MR) is 81.1 cm³/mol. The zero-order valence-electron chi connectivity index (χ0n) is 12.8. The van der Waals surface area contributed by atoms with Crippen LogP contribution in [0.3, 0.4) is 0 Å². The average molecular weight is 277 g/mol. The minimum Gasteiger partial charge on any atom is -0.493 e. The van der Waals surface area contributed by atoms with E-state index in [0.29, 0.717) is 11.5 Å². The molecule has 0 atom stereocenters. The van der Waals surface area contributed by atoms with Crippen molar-refractivity contribution in [1.82, 2.24) is 5.32 Å². The second-order valence-corrected chi connectivity index (χ2v) is 5.07. The van der Waals surface area contributed by atoms with Crippen LogP contribution in [0, 0.1) is 0 Å². The number of methoxy groups -OCH3 is 1. The standard InChI is InChI=1S/C16H23NO3/c1-11(2)17-16(18)9-7-13-6-8-14(20-12(3)4)15(10-13)19-5/h6-12H,1-5H3,(H,17,18)/b9-7+. The number of nitrogens with one attached hydrogen (secondary N) is 1. The Morgan fingerprint density at radius 2 is 1.90 bits per heavy atom. The lowest BCUT2D eigenvalue weighted by atomic mass is 10.2. The van der Waals surface area contributed by atoms with Crippen LogP contribution in [0.25, 0.3) is 6.08 Å². The Kier molecular flexibility index (Phi) is 6.10. The Balaban J connectivity index is 2.82. The number of rotatable bonds is 6. The topological polar surface area (TPSA) is 47.6 Å². The zero-order valence-corrected chi connectivity index (χ0v) is 12.8. The summed E-state index contributed by atoms with van der Waals surface area (Å²) in [4.78, 5) is 11.5. The van der Waals surface area contributed by atoms with E-state index in [4.69, 9.17) is 9.47 Å². The number of ether oxygens (including phenoxy) is 2. The van der Waals surface area contributed by atoms with Crippen LogP contribution in [0.2, 0.25) is 0 Å². The summed E-state index contributed by atoms with van der Waals surface area (Å²) in [5.41, 5.74) is 0.886. The third-order valence-corrected chi connectivity index (χ3v) is 2.41. The molecular weight excluding hydrogens is 254 g/mol. The van der Waals surface area contributed by atoms with Gasteiger partial charge in [0.15, 0.2) is 11.5 Å². The third-order valence-electron chi connectivity index (χ3n) is 2.41. The molecule has 0 aliphatic heterocycles. The maximum absolute atomic E-state index is 11.5. The summed E-state index contributed by atoms with van der Waals surface area (Å²) in [6.45, 7) is 7.77. The van der Waals surface area contributed by atoms with Crippen LogP contribution in [0.1, 0.15) is 33.3 Å². The van der Waals surface area contributed by atoms with Crippen molar-refractivity contribution in [1.29, 1.82) is 0 Å². The molecule has 0 fully saturated rings. The molecule has 110 valence electrons. The lowest BCUT2D eigenvalue weighted by Gasteiger charge is -2.13. The molecule has 0 radical (unpaired) electrons. The summed E-state index contributed by atoms with van der Waals surface area (Å²) in [5, 5.41) is 2.80. The van der Waals surface area contributed by atoms with Crippen molar-refractivity contribution >= 4 is 12.0 Å². The molecule has 0 saturated carbocycles. The van der Waals surface area contributed by atoms with Gasteiger partial charge < -0.3 is 14.8 Å². The molecule has 0 unspecified atom stereocenters. The summed E-state index contributed by atoms with van der Waals surface area (Å²) in [6, 6.07) is 5.71. The molecule has 1 aromatic carbocycles. The number of hydrogen-bond acceptors (Lipinski definition) is 3. The molecule has 0 spiro atoms. The van der Waals surface area contributed by atoms with Crippen LogP contribution >= 0.6 is 0 Å². The summed E-state index contributed by atoms with van der Waals surface area (Å²) < 4.78 is 10.9. The normalized spacial score (nSPS) is 11.2. The Morgan fingerprint density at radius 3 is 2.45 bits per heavy atom. The lowest BCUT2D eigenvalue weighted by molar-refractivity contribution is -0.116. The number of hydrogen-bond donors (Lipinski definition) is 1. The van der Waals surface area contributed by atoms with Crippen LogP contribution in [-0.4, -0.2) is 25.2 Å². The minimum atomic E-state index is -0.110. The largest absolute Gasteiger partial charge is 0.493 e. The van der Waals surface area contributed by atoms with Gasteiger partial charge in [-0.05, 0) is 51.5 Å². The van der Waals surface area contributed by atoms with Crippen molar-refractivity contribution in [3.63, 3.8) is 0 Å². The molecule has 1 rings (SSSR count). The van der Waals surface area contributed by atoms with E-state index < -0.39 is 0 Å². The van der Waals surface area contributed by atoms with E-state index in [-0.39, 0.29) is 18.1 Å². The van der Waals surface area contributed by atoms with Gasteiger partial charge in [-0.1, -0.05) is 6.07 Å². The predicted octanol–water partition coefficient (Wildman–Crippen LogP) is 3.02. The minimum absolute atomic E-state index is 0.0853. The third kappa shape index (κ3) is 5.34. The van der Waals surface area contributed by atoms with Crippen molar-refractivity contribution in [3.8, 4) is 11.5 Å². The van der Waals surface area contributed by atoms with Gasteiger partial charge in [0, 0.05) is 12.1 Å². The highest BCUT2D eigenvalue weighted by molar-refractivity contribution is 5.91. The number of benzene rings is 1. The van der Waals surface area contributed by atoms with Gasteiger partial charge in [0.1, 0.15) is 0 Å². The second-order valence-electron chi connectivity index (χ2n) is 5.07. The van der Waals surface area contributed by atoms with Crippen LogP contribution < -0.4 is 14.8 Å². The van der Waals surface area contributed by atoms with E-state index in [0.717, 1.165) is 5.56 Å². The Bertz CT molecular complexity index is 479. The van der Waals surface area contributed by atoms with E-state index in [1.54, 1.807) is 13.2 Å². The lowest BCUT2D eigenvalue weighted by Crippen LogP contribution is -2.28. The molecule has 0 heterocycles. The summed E-state index contributed by atoms with van der Waals surface area (Å²) in [6.07, 6.45) is 3.35. The first kappa shape index (κ1) is 16.1. The van der Waals surface area contributed by atoms with Crippen molar-refractivity contribution in [2.45, 2.75) is 39.8 Å². The fourth-order valence-electron chi connectivity index (χ4n) is 1.64. The van der Waals surface area contributed by atoms with Crippen LogP contribution in [0.15, 0.2) is 24.3 Å². The maximum Gasteiger partial charge on any atom is 0.244 e. The average Bonchev–Trinajstić information content (AvgIpc) is 2.36. The van der Waals surface area contributed by atoms with E-state index in [2.05, 4.69) is 5.32 Å². The molecule has 1 N–H and O–H groups in total. The summed E-state index contributed by atoms with van der Waals surface area (Å²) in [5.74, 6) is 1.25. The van der Waals surface area contributed by atoms with Crippen molar-refractivity contribution in [2.24, 2.45) is 0 Å². The molecule has 4 heteroatoms. The van der Waals surface area contributed by atoms with Gasteiger partial charge in [0.05, 0.1) is 13.2 Å². The van der Waals surface area contributed by atoms with Gasteiger partial charge in [-0.25, -0.2) is 0 Å². The second kappa shape index (κ2) is 7.58. The van der Waals surface area contributed by atoms with Gasteiger partial charge in [-0.3, -0.25) is 4.79 Å². The first-order valence-electron chi connectivity index (χ1n) is 6.75. The Labute approximate surface area is 120 Å². The fraction of sp³-hybridized carbons (Fsp3) is 0.438. The van der Waals surface area contributed by atoms with E-state index in [1.807, 2.05) is 45.9 Å². The van der Waals surface area contributed by atoms with Crippen LogP contribution in [-0.2, 0) is 4.79 Å². The van der Waals surface area contributed by atoms with Crippen LogP contribution in [0.4, 0.5) is 0 Å². The summed E-state index contributed by atoms with van der Waals surface area (Å²) >= 11 is 0. The summed E-state index contributed by atoms with van der Waals surface area (Å²) in [7, 11) is 1.60. The zero-order chi connectivity index (χ0) is 15.1. The molecule has 1 amide bonds. The van der Waals surface area contributed by atoms with Gasteiger partial charge in [0.25, 0.3) is 0 Å². The quantitative estimate of drug-likeness (QED) is 0.813. The Hall–Kier alpha value is -1.97. The van der Waals surface area contributed by atoms with Crippen molar-refractivity contribution in [3.05, 3.63) is 29.8 Å². The number of carbonyl (C=O) groups excluding carboxylic acids is 1.